The number of rotatable bonds is 2. The molecule has 0 saturated carbocycles. The minimum absolute atomic E-state index is 0.170. The zero-order chi connectivity index (χ0) is 14.8. The van der Waals surface area contributed by atoms with Crippen molar-refractivity contribution < 1.29 is 0 Å². The van der Waals surface area contributed by atoms with E-state index >= 15 is 0 Å². The van der Waals surface area contributed by atoms with Gasteiger partial charge in [0.05, 0.1) is 5.56 Å². The molecule has 0 radical (unpaired) electrons. The minimum atomic E-state index is 0.170. The Labute approximate surface area is 125 Å². The summed E-state index contributed by atoms with van der Waals surface area (Å²) in [5.74, 6) is 0. The molecule has 0 N–H and O–H groups in total. The summed E-state index contributed by atoms with van der Waals surface area (Å²) in [5, 5.41) is 9.21. The van der Waals surface area contributed by atoms with Gasteiger partial charge >= 0.3 is 0 Å². The maximum Gasteiger partial charge on any atom is 0.100 e. The summed E-state index contributed by atoms with van der Waals surface area (Å²) in [6.45, 7) is 8.69. The number of hydrogen-bond acceptors (Lipinski definition) is 2. The van der Waals surface area contributed by atoms with Crippen LogP contribution < -0.4 is 0 Å². The predicted octanol–water partition coefficient (Wildman–Crippen LogP) is 5.32. The van der Waals surface area contributed by atoms with Crippen LogP contribution in [-0.2, 0) is 5.41 Å². The van der Waals surface area contributed by atoms with E-state index in [4.69, 9.17) is 0 Å². The van der Waals surface area contributed by atoms with Gasteiger partial charge in [-0.25, -0.2) is 0 Å². The van der Waals surface area contributed by atoms with Gasteiger partial charge in [0.15, 0.2) is 0 Å². The Morgan fingerprint density at radius 1 is 1.00 bits per heavy atom. The highest BCUT2D eigenvalue weighted by molar-refractivity contribution is 7.99. The molecule has 2 aromatic rings. The third-order valence-corrected chi connectivity index (χ3v) is 4.53. The SMILES string of the molecule is Cc1cccc(C#N)c1Sc1ccc(C(C)(C)C)cc1. The molecule has 0 unspecified atom stereocenters. The van der Waals surface area contributed by atoms with Gasteiger partial charge < -0.3 is 0 Å². The number of aryl methyl sites for hydroxylation is 1. The van der Waals surface area contributed by atoms with Crippen LogP contribution >= 0.6 is 11.8 Å². The van der Waals surface area contributed by atoms with E-state index < -0.39 is 0 Å². The molecule has 0 amide bonds. The molecule has 2 heteroatoms. The van der Waals surface area contributed by atoms with E-state index in [1.807, 2.05) is 25.1 Å². The highest BCUT2D eigenvalue weighted by Crippen LogP contribution is 2.34. The van der Waals surface area contributed by atoms with Crippen LogP contribution in [0.2, 0.25) is 0 Å². The van der Waals surface area contributed by atoms with E-state index in [1.54, 1.807) is 11.8 Å². The van der Waals surface area contributed by atoms with E-state index in [9.17, 15) is 5.26 Å². The monoisotopic (exact) mass is 281 g/mol. The number of nitriles is 1. The first kappa shape index (κ1) is 14.7. The zero-order valence-corrected chi connectivity index (χ0v) is 13.2. The molecular formula is C18H19NS. The van der Waals surface area contributed by atoms with Gasteiger partial charge in [0, 0.05) is 9.79 Å². The molecule has 0 bridgehead atoms. The van der Waals surface area contributed by atoms with Crippen molar-refractivity contribution in [3.05, 3.63) is 59.2 Å². The second-order valence-corrected chi connectivity index (χ2v) is 7.02. The average Bonchev–Trinajstić information content (AvgIpc) is 2.40. The van der Waals surface area contributed by atoms with Gasteiger partial charge in [-0.3, -0.25) is 0 Å². The number of hydrogen-bond donors (Lipinski definition) is 0. The van der Waals surface area contributed by atoms with Gasteiger partial charge in [0.1, 0.15) is 6.07 Å². The largest absolute Gasteiger partial charge is 0.192 e. The van der Waals surface area contributed by atoms with Gasteiger partial charge in [0.2, 0.25) is 0 Å². The maximum absolute atomic E-state index is 9.21. The predicted molar refractivity (Wildman–Crippen MR) is 85.2 cm³/mol. The Kier molecular flexibility index (Phi) is 4.20. The summed E-state index contributed by atoms with van der Waals surface area (Å²) in [6, 6.07) is 16.7. The topological polar surface area (TPSA) is 23.8 Å². The lowest BCUT2D eigenvalue weighted by atomic mass is 9.87. The van der Waals surface area contributed by atoms with Gasteiger partial charge in [-0.05, 0) is 41.7 Å². The van der Waals surface area contributed by atoms with E-state index in [2.05, 4.69) is 51.1 Å². The van der Waals surface area contributed by atoms with E-state index in [0.717, 1.165) is 16.0 Å². The highest BCUT2D eigenvalue weighted by atomic mass is 32.2. The molecule has 2 rings (SSSR count). The van der Waals surface area contributed by atoms with Crippen molar-refractivity contribution in [2.45, 2.75) is 42.9 Å². The molecule has 1 nitrogen and oxygen atoms in total. The lowest BCUT2D eigenvalue weighted by Crippen LogP contribution is -2.10. The Morgan fingerprint density at radius 3 is 2.20 bits per heavy atom. The Balaban J connectivity index is 2.30. The lowest BCUT2D eigenvalue weighted by Gasteiger charge is -2.19. The van der Waals surface area contributed by atoms with Crippen molar-refractivity contribution in [3.8, 4) is 6.07 Å². The summed E-state index contributed by atoms with van der Waals surface area (Å²) in [7, 11) is 0. The highest BCUT2D eigenvalue weighted by Gasteiger charge is 2.13. The summed E-state index contributed by atoms with van der Waals surface area (Å²) < 4.78 is 0. The van der Waals surface area contributed by atoms with Crippen molar-refractivity contribution >= 4 is 11.8 Å². The molecule has 0 aliphatic rings. The molecule has 102 valence electrons. The molecule has 0 saturated heterocycles. The van der Waals surface area contributed by atoms with Crippen molar-refractivity contribution in [2.75, 3.05) is 0 Å². The van der Waals surface area contributed by atoms with Crippen LogP contribution in [0.1, 0.15) is 37.5 Å². The van der Waals surface area contributed by atoms with Crippen LogP contribution in [0.5, 0.6) is 0 Å². The average molecular weight is 281 g/mol. The van der Waals surface area contributed by atoms with Crippen molar-refractivity contribution in [1.82, 2.24) is 0 Å². The molecule has 0 aliphatic heterocycles. The summed E-state index contributed by atoms with van der Waals surface area (Å²) in [5.41, 5.74) is 3.39. The molecular weight excluding hydrogens is 262 g/mol. The number of benzene rings is 2. The van der Waals surface area contributed by atoms with Gasteiger partial charge in [-0.2, -0.15) is 5.26 Å². The second kappa shape index (κ2) is 5.73. The quantitative estimate of drug-likeness (QED) is 0.744. The first-order valence-corrected chi connectivity index (χ1v) is 7.51. The van der Waals surface area contributed by atoms with Crippen LogP contribution in [0.4, 0.5) is 0 Å². The standard InChI is InChI=1S/C18H19NS/c1-13-6-5-7-14(12-19)17(13)20-16-10-8-15(9-11-16)18(2,3)4/h5-11H,1-4H3. The fourth-order valence-electron chi connectivity index (χ4n) is 2.02. The van der Waals surface area contributed by atoms with Crippen molar-refractivity contribution in [3.63, 3.8) is 0 Å². The van der Waals surface area contributed by atoms with Gasteiger partial charge in [-0.1, -0.05) is 56.8 Å². The van der Waals surface area contributed by atoms with Gasteiger partial charge in [0.25, 0.3) is 0 Å². The summed E-state index contributed by atoms with van der Waals surface area (Å²) in [6.07, 6.45) is 0. The molecule has 0 aromatic heterocycles. The fourth-order valence-corrected chi connectivity index (χ4v) is 2.98. The molecule has 0 atom stereocenters. The van der Waals surface area contributed by atoms with E-state index in [-0.39, 0.29) is 5.41 Å². The molecule has 0 fully saturated rings. The Hall–Kier alpha value is -1.72. The van der Waals surface area contributed by atoms with Gasteiger partial charge in [-0.15, -0.1) is 0 Å². The van der Waals surface area contributed by atoms with Crippen LogP contribution in [-0.4, -0.2) is 0 Å². The molecule has 2 aromatic carbocycles. The normalized spacial score (nSPS) is 11.2. The first-order chi connectivity index (χ1) is 9.41. The first-order valence-electron chi connectivity index (χ1n) is 6.70. The third kappa shape index (κ3) is 3.23. The molecule has 0 aliphatic carbocycles. The fraction of sp³-hybridized carbons (Fsp3) is 0.278. The van der Waals surface area contributed by atoms with Crippen molar-refractivity contribution in [1.29, 1.82) is 5.26 Å². The van der Waals surface area contributed by atoms with Crippen LogP contribution in [0.3, 0.4) is 0 Å². The summed E-state index contributed by atoms with van der Waals surface area (Å²) in [4.78, 5) is 2.22. The van der Waals surface area contributed by atoms with E-state index in [0.29, 0.717) is 0 Å². The van der Waals surface area contributed by atoms with Crippen LogP contribution in [0.15, 0.2) is 52.3 Å². The van der Waals surface area contributed by atoms with Crippen LogP contribution in [0.25, 0.3) is 0 Å². The third-order valence-electron chi connectivity index (χ3n) is 3.27. The number of nitrogens with zero attached hydrogens (tertiary/aromatic N) is 1. The second-order valence-electron chi connectivity index (χ2n) is 5.94. The Morgan fingerprint density at radius 2 is 1.65 bits per heavy atom. The van der Waals surface area contributed by atoms with E-state index in [1.165, 1.54) is 10.5 Å². The molecule has 0 spiro atoms. The lowest BCUT2D eigenvalue weighted by molar-refractivity contribution is 0.590. The van der Waals surface area contributed by atoms with Crippen LogP contribution in [0, 0.1) is 18.3 Å². The Bertz CT molecular complexity index is 643. The summed E-state index contributed by atoms with van der Waals surface area (Å²) >= 11 is 1.66. The zero-order valence-electron chi connectivity index (χ0n) is 12.4. The molecule has 0 heterocycles. The minimum Gasteiger partial charge on any atom is -0.192 e. The maximum atomic E-state index is 9.21. The van der Waals surface area contributed by atoms with Crippen molar-refractivity contribution in [2.24, 2.45) is 0 Å². The smallest absolute Gasteiger partial charge is 0.100 e. The molecule has 20 heavy (non-hydrogen) atoms.